The highest BCUT2D eigenvalue weighted by Gasteiger charge is 2.36. The minimum absolute atomic E-state index is 0.0229. The lowest BCUT2D eigenvalue weighted by atomic mass is 10.0. The lowest BCUT2D eigenvalue weighted by Crippen LogP contribution is -2.55. The maximum absolute atomic E-state index is 12.9. The Labute approximate surface area is 182 Å². The molecule has 0 saturated carbocycles. The molecule has 3 heterocycles. The van der Waals surface area contributed by atoms with Crippen LogP contribution in [0.15, 0.2) is 29.2 Å². The van der Waals surface area contributed by atoms with Crippen molar-refractivity contribution in [1.29, 1.82) is 0 Å². The average molecular weight is 458 g/mol. The molecule has 4 rings (SSSR count). The Bertz CT molecular complexity index is 854. The van der Waals surface area contributed by atoms with Gasteiger partial charge in [0.1, 0.15) is 4.90 Å². The van der Waals surface area contributed by atoms with E-state index in [9.17, 15) is 13.2 Å². The highest BCUT2D eigenvalue weighted by molar-refractivity contribution is 7.89. The minimum Gasteiger partial charge on any atom is -0.349 e. The quantitative estimate of drug-likeness (QED) is 0.665. The molecule has 1 atom stereocenters. The number of halogens is 1. The van der Waals surface area contributed by atoms with Crippen molar-refractivity contribution in [1.82, 2.24) is 14.1 Å². The number of nitrogens with zero attached hydrogens (tertiary/aromatic N) is 3. The number of amides is 1. The molecule has 0 aromatic heterocycles. The molecule has 0 N–H and O–H groups in total. The van der Waals surface area contributed by atoms with Gasteiger partial charge in [-0.1, -0.05) is 30.2 Å². The van der Waals surface area contributed by atoms with Crippen molar-refractivity contribution in [3.63, 3.8) is 0 Å². The third-order valence-electron chi connectivity index (χ3n) is 6.01. The number of piperazine rings is 1. The van der Waals surface area contributed by atoms with E-state index in [1.54, 1.807) is 23.1 Å². The lowest BCUT2D eigenvalue weighted by molar-refractivity contribution is -0.140. The van der Waals surface area contributed by atoms with Crippen molar-refractivity contribution >= 4 is 27.5 Å². The molecule has 1 aromatic rings. The zero-order valence-electron chi connectivity index (χ0n) is 16.9. The molecule has 3 aliphatic rings. The Morgan fingerprint density at radius 2 is 1.73 bits per heavy atom. The molecule has 1 aromatic carbocycles. The third-order valence-corrected chi connectivity index (χ3v) is 8.41. The van der Waals surface area contributed by atoms with Crippen LogP contribution in [0.25, 0.3) is 0 Å². The van der Waals surface area contributed by atoms with Gasteiger partial charge < -0.3 is 14.4 Å². The first kappa shape index (κ1) is 22.0. The summed E-state index contributed by atoms with van der Waals surface area (Å²) in [6, 6.07) is 6.55. The predicted octanol–water partition coefficient (Wildman–Crippen LogP) is 1.40. The van der Waals surface area contributed by atoms with Crippen LogP contribution in [0.5, 0.6) is 0 Å². The predicted molar refractivity (Wildman–Crippen MR) is 112 cm³/mol. The van der Waals surface area contributed by atoms with Crippen LogP contribution in [-0.2, 0) is 24.3 Å². The van der Waals surface area contributed by atoms with Gasteiger partial charge in [0.25, 0.3) is 0 Å². The first-order chi connectivity index (χ1) is 14.5. The van der Waals surface area contributed by atoms with Crippen molar-refractivity contribution in [3.8, 4) is 0 Å². The molecule has 0 unspecified atom stereocenters. The summed E-state index contributed by atoms with van der Waals surface area (Å²) in [5.41, 5.74) is 0. The number of hydrogen-bond acceptors (Lipinski definition) is 6. The van der Waals surface area contributed by atoms with Gasteiger partial charge in [-0.3, -0.25) is 9.69 Å². The van der Waals surface area contributed by atoms with E-state index in [0.29, 0.717) is 32.8 Å². The highest BCUT2D eigenvalue weighted by atomic mass is 35.5. The molecule has 0 spiro atoms. The number of ether oxygens (including phenoxy) is 2. The number of carbonyl (C=O) groups is 1. The van der Waals surface area contributed by atoms with Crippen molar-refractivity contribution < 1.29 is 22.7 Å². The van der Waals surface area contributed by atoms with E-state index < -0.39 is 10.0 Å². The third kappa shape index (κ3) is 4.66. The van der Waals surface area contributed by atoms with Crippen LogP contribution in [0, 0.1) is 0 Å². The number of benzene rings is 1. The monoisotopic (exact) mass is 457 g/mol. The molecule has 3 aliphatic heterocycles. The Morgan fingerprint density at radius 3 is 2.43 bits per heavy atom. The molecule has 3 fully saturated rings. The fourth-order valence-corrected chi connectivity index (χ4v) is 6.28. The van der Waals surface area contributed by atoms with Gasteiger partial charge in [0.15, 0.2) is 6.29 Å². The zero-order chi connectivity index (χ0) is 21.1. The van der Waals surface area contributed by atoms with Crippen molar-refractivity contribution in [2.45, 2.75) is 36.5 Å². The van der Waals surface area contributed by atoms with Crippen LogP contribution in [-0.4, -0.2) is 93.2 Å². The molecule has 166 valence electrons. The molecule has 8 nitrogen and oxygen atoms in total. The van der Waals surface area contributed by atoms with Crippen LogP contribution < -0.4 is 0 Å². The van der Waals surface area contributed by atoms with Crippen LogP contribution >= 0.6 is 11.6 Å². The summed E-state index contributed by atoms with van der Waals surface area (Å²) in [5.74, 6) is 0.0229. The molecule has 0 radical (unpaired) electrons. The molecule has 30 heavy (non-hydrogen) atoms. The van der Waals surface area contributed by atoms with Gasteiger partial charge in [-0.05, 0) is 31.5 Å². The highest BCUT2D eigenvalue weighted by Crippen LogP contribution is 2.26. The van der Waals surface area contributed by atoms with E-state index in [1.807, 2.05) is 0 Å². The molecular formula is C20H28ClN3O5S. The zero-order valence-corrected chi connectivity index (χ0v) is 18.5. The minimum atomic E-state index is -3.67. The van der Waals surface area contributed by atoms with Gasteiger partial charge in [-0.2, -0.15) is 4.31 Å². The lowest BCUT2D eigenvalue weighted by Gasteiger charge is -2.39. The Kier molecular flexibility index (Phi) is 6.96. The summed E-state index contributed by atoms with van der Waals surface area (Å²) >= 11 is 6.09. The van der Waals surface area contributed by atoms with E-state index in [2.05, 4.69) is 4.90 Å². The van der Waals surface area contributed by atoms with Gasteiger partial charge in [0.05, 0.1) is 30.8 Å². The number of likely N-dealkylation sites (tertiary alicyclic amines) is 1. The Morgan fingerprint density at radius 1 is 1.03 bits per heavy atom. The van der Waals surface area contributed by atoms with Gasteiger partial charge in [0, 0.05) is 26.2 Å². The summed E-state index contributed by atoms with van der Waals surface area (Å²) in [4.78, 5) is 16.9. The molecule has 3 saturated heterocycles. The van der Waals surface area contributed by atoms with Crippen LogP contribution in [0.4, 0.5) is 0 Å². The van der Waals surface area contributed by atoms with Gasteiger partial charge >= 0.3 is 0 Å². The largest absolute Gasteiger partial charge is 0.349 e. The van der Waals surface area contributed by atoms with Gasteiger partial charge in [-0.25, -0.2) is 8.42 Å². The summed E-state index contributed by atoms with van der Waals surface area (Å²) in [6.45, 7) is 3.63. The molecule has 0 aliphatic carbocycles. The number of carbonyl (C=O) groups excluding carboxylic acids is 1. The van der Waals surface area contributed by atoms with Crippen molar-refractivity contribution in [3.05, 3.63) is 29.3 Å². The Hall–Kier alpha value is -1.23. The molecule has 0 bridgehead atoms. The molecule has 10 heteroatoms. The number of hydrogen-bond donors (Lipinski definition) is 0. The normalized spacial score (nSPS) is 25.0. The van der Waals surface area contributed by atoms with Gasteiger partial charge in [-0.15, -0.1) is 0 Å². The molecular weight excluding hydrogens is 430 g/mol. The SMILES string of the molecule is O=C(CN1CCCC[C@@H]1C1OCCO1)N1CCN(S(=O)(=O)c2ccccc2Cl)CC1. The summed E-state index contributed by atoms with van der Waals surface area (Å²) in [5, 5.41) is 0.212. The van der Waals surface area contributed by atoms with E-state index in [1.165, 1.54) is 10.4 Å². The van der Waals surface area contributed by atoms with E-state index in [-0.39, 0.29) is 41.2 Å². The van der Waals surface area contributed by atoms with Crippen molar-refractivity contribution in [2.24, 2.45) is 0 Å². The smallest absolute Gasteiger partial charge is 0.244 e. The fraction of sp³-hybridized carbons (Fsp3) is 0.650. The summed E-state index contributed by atoms with van der Waals surface area (Å²) in [6.07, 6.45) is 2.87. The van der Waals surface area contributed by atoms with Crippen LogP contribution in [0.2, 0.25) is 5.02 Å². The van der Waals surface area contributed by atoms with Crippen LogP contribution in [0.3, 0.4) is 0 Å². The second-order valence-electron chi connectivity index (χ2n) is 7.86. The maximum Gasteiger partial charge on any atom is 0.244 e. The standard InChI is InChI=1S/C20H28ClN3O5S/c21-16-5-1-2-7-18(16)30(26,27)24-11-9-22(10-12-24)19(25)15-23-8-4-3-6-17(23)20-28-13-14-29-20/h1-2,5,7,17,20H,3-4,6,8-15H2/t17-/m1/s1. The summed E-state index contributed by atoms with van der Waals surface area (Å²) in [7, 11) is -3.67. The second kappa shape index (κ2) is 9.50. The number of rotatable bonds is 5. The van der Waals surface area contributed by atoms with Crippen molar-refractivity contribution in [2.75, 3.05) is 52.5 Å². The average Bonchev–Trinajstić information content (AvgIpc) is 3.29. The first-order valence-corrected chi connectivity index (χ1v) is 12.3. The number of sulfonamides is 1. The fourth-order valence-electron chi connectivity index (χ4n) is 4.36. The first-order valence-electron chi connectivity index (χ1n) is 10.5. The van der Waals surface area contributed by atoms with E-state index in [4.69, 9.17) is 21.1 Å². The van der Waals surface area contributed by atoms with E-state index >= 15 is 0 Å². The maximum atomic E-state index is 12.9. The Balaban J connectivity index is 1.34. The topological polar surface area (TPSA) is 79.4 Å². The summed E-state index contributed by atoms with van der Waals surface area (Å²) < 4.78 is 38.6. The van der Waals surface area contributed by atoms with Gasteiger partial charge in [0.2, 0.25) is 15.9 Å². The van der Waals surface area contributed by atoms with E-state index in [0.717, 1.165) is 25.8 Å². The molecule has 1 amide bonds. The van der Waals surface area contributed by atoms with Crippen LogP contribution in [0.1, 0.15) is 19.3 Å². The second-order valence-corrected chi connectivity index (χ2v) is 10.2. The number of piperidine rings is 1.